The van der Waals surface area contributed by atoms with Gasteiger partial charge in [0.2, 0.25) is 0 Å². The summed E-state index contributed by atoms with van der Waals surface area (Å²) in [6, 6.07) is 3.81. The van der Waals surface area contributed by atoms with Gasteiger partial charge in [-0.1, -0.05) is 26.7 Å². The van der Waals surface area contributed by atoms with Gasteiger partial charge < -0.3 is 5.73 Å². The maximum absolute atomic E-state index is 5.30. The molecule has 1 aromatic heterocycles. The van der Waals surface area contributed by atoms with Crippen LogP contribution in [-0.4, -0.2) is 0 Å². The van der Waals surface area contributed by atoms with Crippen molar-refractivity contribution in [3.8, 4) is 0 Å². The van der Waals surface area contributed by atoms with Crippen molar-refractivity contribution < 1.29 is 0 Å². The monoisotopic (exact) mass is 157 g/mol. The van der Waals surface area contributed by atoms with Crippen molar-refractivity contribution >= 4 is 16.3 Å². The molecule has 0 saturated carbocycles. The van der Waals surface area contributed by atoms with Crippen LogP contribution in [-0.2, 0) is 0 Å². The van der Waals surface area contributed by atoms with Crippen LogP contribution in [0.1, 0.15) is 26.7 Å². The van der Waals surface area contributed by atoms with E-state index in [-0.39, 0.29) is 0 Å². The van der Waals surface area contributed by atoms with Crippen LogP contribution in [0.3, 0.4) is 0 Å². The minimum Gasteiger partial charge on any atom is -0.391 e. The number of hydrogen-bond acceptors (Lipinski definition) is 2. The number of nitrogens with two attached hydrogens (primary N) is 1. The lowest BCUT2D eigenvalue weighted by Gasteiger charge is -1.68. The highest BCUT2D eigenvalue weighted by molar-refractivity contribution is 7.13. The highest BCUT2D eigenvalue weighted by Gasteiger charge is 1.75. The summed E-state index contributed by atoms with van der Waals surface area (Å²) in [5.74, 6) is 0. The van der Waals surface area contributed by atoms with E-state index in [1.165, 1.54) is 12.8 Å². The first-order valence-corrected chi connectivity index (χ1v) is 4.48. The standard InChI is InChI=1S/C4H5NS.C4H10/c5-4-2-1-3-6-4;1-3-4-2/h1-3H,5H2;3-4H2,1-2H3. The minimum absolute atomic E-state index is 0.884. The lowest BCUT2D eigenvalue weighted by Crippen LogP contribution is -1.72. The number of unbranched alkanes of at least 4 members (excludes halogenated alkanes) is 1. The maximum Gasteiger partial charge on any atom is 0.0856 e. The fourth-order valence-corrected chi connectivity index (χ4v) is 0.763. The van der Waals surface area contributed by atoms with Gasteiger partial charge in [0, 0.05) is 0 Å². The summed E-state index contributed by atoms with van der Waals surface area (Å²) in [5.41, 5.74) is 5.30. The van der Waals surface area contributed by atoms with Crippen LogP contribution in [0, 0.1) is 0 Å². The Hall–Kier alpha value is -0.500. The van der Waals surface area contributed by atoms with Crippen LogP contribution in [0.25, 0.3) is 0 Å². The molecule has 0 saturated heterocycles. The fourth-order valence-electron chi connectivity index (χ4n) is 0.291. The molecule has 0 amide bonds. The third-order valence-corrected chi connectivity index (χ3v) is 1.74. The van der Waals surface area contributed by atoms with Crippen LogP contribution in [0.5, 0.6) is 0 Å². The number of thiophene rings is 1. The van der Waals surface area contributed by atoms with Gasteiger partial charge in [-0.3, -0.25) is 0 Å². The topological polar surface area (TPSA) is 26.0 Å². The Bertz CT molecular complexity index is 133. The van der Waals surface area contributed by atoms with Gasteiger partial charge in [0.25, 0.3) is 0 Å². The molecule has 0 aliphatic rings. The van der Waals surface area contributed by atoms with Crippen molar-refractivity contribution in [1.82, 2.24) is 0 Å². The second kappa shape index (κ2) is 6.62. The second-order valence-corrected chi connectivity index (χ2v) is 2.99. The summed E-state index contributed by atoms with van der Waals surface area (Å²) in [6.07, 6.45) is 2.64. The molecule has 0 aliphatic heterocycles. The zero-order valence-electron chi connectivity index (χ0n) is 6.63. The first-order valence-electron chi connectivity index (χ1n) is 3.60. The quantitative estimate of drug-likeness (QED) is 0.666. The van der Waals surface area contributed by atoms with Crippen molar-refractivity contribution in [3.05, 3.63) is 17.5 Å². The van der Waals surface area contributed by atoms with E-state index in [1.807, 2.05) is 17.5 Å². The Kier molecular flexibility index (Phi) is 6.29. The van der Waals surface area contributed by atoms with Crippen molar-refractivity contribution in [2.24, 2.45) is 0 Å². The average molecular weight is 157 g/mol. The number of hydrogen-bond donors (Lipinski definition) is 1. The SMILES string of the molecule is CCCC.Nc1cccs1. The number of rotatable bonds is 1. The molecule has 0 bridgehead atoms. The van der Waals surface area contributed by atoms with Gasteiger partial charge in [0.05, 0.1) is 5.00 Å². The second-order valence-electron chi connectivity index (χ2n) is 2.02. The van der Waals surface area contributed by atoms with Crippen LogP contribution >= 0.6 is 11.3 Å². The average Bonchev–Trinajstić information content (AvgIpc) is 2.40. The smallest absolute Gasteiger partial charge is 0.0856 e. The first kappa shape index (κ1) is 9.50. The van der Waals surface area contributed by atoms with E-state index in [0.717, 1.165) is 5.00 Å². The van der Waals surface area contributed by atoms with Crippen molar-refractivity contribution in [1.29, 1.82) is 0 Å². The molecule has 1 heterocycles. The Morgan fingerprint density at radius 3 is 2.10 bits per heavy atom. The molecule has 2 heteroatoms. The summed E-state index contributed by atoms with van der Waals surface area (Å²) < 4.78 is 0. The molecule has 0 aromatic carbocycles. The van der Waals surface area contributed by atoms with Gasteiger partial charge in [-0.05, 0) is 17.5 Å². The predicted octanol–water partition coefficient (Wildman–Crippen LogP) is 3.14. The van der Waals surface area contributed by atoms with E-state index in [0.29, 0.717) is 0 Å². The molecule has 0 atom stereocenters. The molecule has 1 nitrogen and oxygen atoms in total. The Morgan fingerprint density at radius 1 is 1.40 bits per heavy atom. The number of anilines is 1. The summed E-state index contributed by atoms with van der Waals surface area (Å²) >= 11 is 1.56. The van der Waals surface area contributed by atoms with Crippen molar-refractivity contribution in [3.63, 3.8) is 0 Å². The van der Waals surface area contributed by atoms with Crippen molar-refractivity contribution in [2.75, 3.05) is 5.73 Å². The predicted molar refractivity (Wildman–Crippen MR) is 49.3 cm³/mol. The maximum atomic E-state index is 5.30. The molecule has 0 radical (unpaired) electrons. The lowest BCUT2D eigenvalue weighted by molar-refractivity contribution is 0.886. The third-order valence-electron chi connectivity index (χ3n) is 1.04. The summed E-state index contributed by atoms with van der Waals surface area (Å²) in [6.45, 7) is 4.36. The Labute approximate surface area is 66.9 Å². The van der Waals surface area contributed by atoms with Gasteiger partial charge in [-0.15, -0.1) is 11.3 Å². The van der Waals surface area contributed by atoms with Crippen LogP contribution in [0.15, 0.2) is 17.5 Å². The lowest BCUT2D eigenvalue weighted by atomic mass is 10.4. The van der Waals surface area contributed by atoms with Crippen LogP contribution < -0.4 is 5.73 Å². The number of nitrogen functional groups attached to an aromatic ring is 1. The summed E-state index contributed by atoms with van der Waals surface area (Å²) in [7, 11) is 0. The third kappa shape index (κ3) is 5.63. The largest absolute Gasteiger partial charge is 0.391 e. The summed E-state index contributed by atoms with van der Waals surface area (Å²) in [4.78, 5) is 0. The molecule has 10 heavy (non-hydrogen) atoms. The highest BCUT2D eigenvalue weighted by atomic mass is 32.1. The van der Waals surface area contributed by atoms with E-state index in [9.17, 15) is 0 Å². The summed E-state index contributed by atoms with van der Waals surface area (Å²) in [5, 5.41) is 2.84. The van der Waals surface area contributed by atoms with E-state index < -0.39 is 0 Å². The van der Waals surface area contributed by atoms with Crippen molar-refractivity contribution in [2.45, 2.75) is 26.7 Å². The Balaban J connectivity index is 0.000000180. The molecule has 0 fully saturated rings. The molecule has 2 N–H and O–H groups in total. The van der Waals surface area contributed by atoms with Gasteiger partial charge in [-0.25, -0.2) is 0 Å². The van der Waals surface area contributed by atoms with Gasteiger partial charge >= 0.3 is 0 Å². The molecule has 0 aliphatic carbocycles. The van der Waals surface area contributed by atoms with Crippen LogP contribution in [0.4, 0.5) is 5.00 Å². The van der Waals surface area contributed by atoms with E-state index >= 15 is 0 Å². The fraction of sp³-hybridized carbons (Fsp3) is 0.500. The van der Waals surface area contributed by atoms with Gasteiger partial charge in [0.1, 0.15) is 0 Å². The zero-order valence-corrected chi connectivity index (χ0v) is 7.45. The molecule has 0 unspecified atom stereocenters. The first-order chi connectivity index (χ1) is 4.81. The van der Waals surface area contributed by atoms with E-state index in [4.69, 9.17) is 5.73 Å². The van der Waals surface area contributed by atoms with Crippen LogP contribution in [0.2, 0.25) is 0 Å². The minimum atomic E-state index is 0.884. The highest BCUT2D eigenvalue weighted by Crippen LogP contribution is 2.07. The molecule has 0 spiro atoms. The molecular weight excluding hydrogens is 142 g/mol. The van der Waals surface area contributed by atoms with E-state index in [2.05, 4.69) is 13.8 Å². The van der Waals surface area contributed by atoms with Gasteiger partial charge in [-0.2, -0.15) is 0 Å². The van der Waals surface area contributed by atoms with Gasteiger partial charge in [0.15, 0.2) is 0 Å². The molecular formula is C8H15NS. The molecule has 1 rings (SSSR count). The molecule has 58 valence electrons. The normalized spacial score (nSPS) is 8.20. The van der Waals surface area contributed by atoms with E-state index in [1.54, 1.807) is 11.3 Å². The zero-order chi connectivity index (χ0) is 7.82. The molecule has 1 aromatic rings. The Morgan fingerprint density at radius 2 is 2.00 bits per heavy atom.